The molecule has 0 amide bonds. The lowest BCUT2D eigenvalue weighted by Gasteiger charge is -2.44. The number of thiazole rings is 1. The predicted octanol–water partition coefficient (Wildman–Crippen LogP) is 2.90. The fourth-order valence-electron chi connectivity index (χ4n) is 3.59. The summed E-state index contributed by atoms with van der Waals surface area (Å²) < 4.78 is 0. The van der Waals surface area contributed by atoms with Crippen molar-refractivity contribution in [2.24, 2.45) is 0 Å². The summed E-state index contributed by atoms with van der Waals surface area (Å²) in [6, 6.07) is 0.828. The van der Waals surface area contributed by atoms with Gasteiger partial charge in [-0.25, -0.2) is 4.98 Å². The molecule has 0 unspecified atom stereocenters. The second kappa shape index (κ2) is 5.74. The SMILES string of the molecule is Cc1cnc(C2(C)CCN(C3CCN(C)CC3)CC2)s1. The molecule has 20 heavy (non-hydrogen) atoms. The van der Waals surface area contributed by atoms with Gasteiger partial charge in [-0.1, -0.05) is 6.92 Å². The minimum absolute atomic E-state index is 0.320. The lowest BCUT2D eigenvalue weighted by Crippen LogP contribution is -2.49. The van der Waals surface area contributed by atoms with Gasteiger partial charge in [0.15, 0.2) is 0 Å². The molecule has 0 bridgehead atoms. The van der Waals surface area contributed by atoms with E-state index in [1.165, 1.54) is 61.7 Å². The van der Waals surface area contributed by atoms with Crippen LogP contribution in [0.2, 0.25) is 0 Å². The number of rotatable bonds is 2. The Morgan fingerprint density at radius 1 is 1.20 bits per heavy atom. The summed E-state index contributed by atoms with van der Waals surface area (Å²) in [4.78, 5) is 11.2. The molecule has 0 radical (unpaired) electrons. The second-order valence-electron chi connectivity index (χ2n) is 6.91. The van der Waals surface area contributed by atoms with Crippen LogP contribution in [-0.2, 0) is 5.41 Å². The fourth-order valence-corrected chi connectivity index (χ4v) is 4.56. The van der Waals surface area contributed by atoms with Gasteiger partial charge in [-0.2, -0.15) is 0 Å². The highest BCUT2D eigenvalue weighted by Gasteiger charge is 2.36. The zero-order chi connectivity index (χ0) is 14.2. The molecular weight excluding hydrogens is 266 g/mol. The molecule has 112 valence electrons. The van der Waals surface area contributed by atoms with Crippen LogP contribution in [-0.4, -0.2) is 54.1 Å². The summed E-state index contributed by atoms with van der Waals surface area (Å²) in [5, 5.41) is 1.36. The topological polar surface area (TPSA) is 19.4 Å². The number of likely N-dealkylation sites (tertiary alicyclic amines) is 2. The van der Waals surface area contributed by atoms with Gasteiger partial charge in [-0.05, 0) is 65.8 Å². The Bertz CT molecular complexity index is 440. The Balaban J connectivity index is 1.59. The zero-order valence-electron chi connectivity index (χ0n) is 13.1. The highest BCUT2D eigenvalue weighted by Crippen LogP contribution is 2.38. The summed E-state index contributed by atoms with van der Waals surface area (Å²) in [6.45, 7) is 9.62. The van der Waals surface area contributed by atoms with E-state index in [0.29, 0.717) is 5.41 Å². The molecular formula is C16H27N3S. The van der Waals surface area contributed by atoms with E-state index < -0.39 is 0 Å². The highest BCUT2D eigenvalue weighted by atomic mass is 32.1. The molecule has 0 saturated carbocycles. The van der Waals surface area contributed by atoms with Crippen molar-refractivity contribution in [2.75, 3.05) is 33.2 Å². The van der Waals surface area contributed by atoms with Crippen LogP contribution in [0.1, 0.15) is 42.5 Å². The predicted molar refractivity (Wildman–Crippen MR) is 85.5 cm³/mol. The largest absolute Gasteiger partial charge is 0.306 e. The molecule has 2 aliphatic rings. The van der Waals surface area contributed by atoms with Crippen LogP contribution in [0.15, 0.2) is 6.20 Å². The van der Waals surface area contributed by atoms with E-state index >= 15 is 0 Å². The van der Waals surface area contributed by atoms with Crippen molar-refractivity contribution in [3.8, 4) is 0 Å². The normalized spacial score (nSPS) is 25.9. The van der Waals surface area contributed by atoms with Crippen molar-refractivity contribution in [1.29, 1.82) is 0 Å². The van der Waals surface area contributed by atoms with Gasteiger partial charge in [-0.3, -0.25) is 0 Å². The molecule has 4 heteroatoms. The van der Waals surface area contributed by atoms with E-state index in [1.807, 2.05) is 17.5 Å². The van der Waals surface area contributed by atoms with Crippen molar-refractivity contribution in [2.45, 2.75) is 51.0 Å². The van der Waals surface area contributed by atoms with E-state index in [0.717, 1.165) is 6.04 Å². The van der Waals surface area contributed by atoms with Crippen LogP contribution in [0.3, 0.4) is 0 Å². The average Bonchev–Trinajstić information content (AvgIpc) is 2.88. The Morgan fingerprint density at radius 2 is 1.85 bits per heavy atom. The first kappa shape index (κ1) is 14.5. The van der Waals surface area contributed by atoms with Gasteiger partial charge in [0.2, 0.25) is 0 Å². The lowest BCUT2D eigenvalue weighted by atomic mass is 9.80. The number of aromatic nitrogens is 1. The third kappa shape index (κ3) is 2.92. The van der Waals surface area contributed by atoms with Crippen molar-refractivity contribution in [3.05, 3.63) is 16.1 Å². The summed E-state index contributed by atoms with van der Waals surface area (Å²) in [7, 11) is 2.24. The maximum Gasteiger partial charge on any atom is 0.0987 e. The lowest BCUT2D eigenvalue weighted by molar-refractivity contribution is 0.0789. The molecule has 1 aromatic rings. The van der Waals surface area contributed by atoms with E-state index in [2.05, 4.69) is 35.7 Å². The minimum atomic E-state index is 0.320. The number of aryl methyl sites for hydroxylation is 1. The summed E-state index contributed by atoms with van der Waals surface area (Å²) in [5.74, 6) is 0. The Hall–Kier alpha value is -0.450. The van der Waals surface area contributed by atoms with E-state index in [1.54, 1.807) is 0 Å². The third-order valence-electron chi connectivity index (χ3n) is 5.24. The quantitative estimate of drug-likeness (QED) is 0.836. The van der Waals surface area contributed by atoms with Gasteiger partial charge in [0.1, 0.15) is 0 Å². The van der Waals surface area contributed by atoms with Crippen LogP contribution in [0.5, 0.6) is 0 Å². The van der Waals surface area contributed by atoms with Crippen LogP contribution in [0.25, 0.3) is 0 Å². The molecule has 3 nitrogen and oxygen atoms in total. The highest BCUT2D eigenvalue weighted by molar-refractivity contribution is 7.11. The van der Waals surface area contributed by atoms with E-state index in [-0.39, 0.29) is 0 Å². The molecule has 0 atom stereocenters. The number of hydrogen-bond acceptors (Lipinski definition) is 4. The molecule has 1 aromatic heterocycles. The number of piperidine rings is 2. The van der Waals surface area contributed by atoms with Crippen LogP contribution in [0, 0.1) is 6.92 Å². The number of hydrogen-bond donors (Lipinski definition) is 0. The fraction of sp³-hybridized carbons (Fsp3) is 0.812. The van der Waals surface area contributed by atoms with Gasteiger partial charge in [0.25, 0.3) is 0 Å². The Morgan fingerprint density at radius 3 is 2.40 bits per heavy atom. The molecule has 2 fully saturated rings. The number of nitrogens with zero attached hydrogens (tertiary/aromatic N) is 3. The van der Waals surface area contributed by atoms with E-state index in [4.69, 9.17) is 0 Å². The zero-order valence-corrected chi connectivity index (χ0v) is 13.9. The van der Waals surface area contributed by atoms with Crippen LogP contribution in [0.4, 0.5) is 0 Å². The summed E-state index contributed by atoms with van der Waals surface area (Å²) >= 11 is 1.89. The minimum Gasteiger partial charge on any atom is -0.306 e. The summed E-state index contributed by atoms with van der Waals surface area (Å²) in [6.07, 6.45) is 7.28. The Kier molecular flexibility index (Phi) is 4.16. The van der Waals surface area contributed by atoms with Gasteiger partial charge in [-0.15, -0.1) is 11.3 Å². The van der Waals surface area contributed by atoms with Crippen LogP contribution >= 0.6 is 11.3 Å². The maximum atomic E-state index is 4.65. The molecule has 2 saturated heterocycles. The smallest absolute Gasteiger partial charge is 0.0987 e. The van der Waals surface area contributed by atoms with Gasteiger partial charge < -0.3 is 9.80 Å². The van der Waals surface area contributed by atoms with Crippen molar-refractivity contribution in [1.82, 2.24) is 14.8 Å². The molecule has 3 rings (SSSR count). The van der Waals surface area contributed by atoms with Crippen molar-refractivity contribution >= 4 is 11.3 Å². The Labute approximate surface area is 127 Å². The van der Waals surface area contributed by atoms with Gasteiger partial charge in [0, 0.05) is 22.5 Å². The van der Waals surface area contributed by atoms with E-state index in [9.17, 15) is 0 Å². The standard InChI is InChI=1S/C16H27N3S/c1-13-12-17-15(20-13)16(2)6-10-19(11-7-16)14-4-8-18(3)9-5-14/h12,14H,4-11H2,1-3H3. The maximum absolute atomic E-state index is 4.65. The first-order valence-electron chi connectivity index (χ1n) is 7.92. The van der Waals surface area contributed by atoms with Crippen molar-refractivity contribution in [3.63, 3.8) is 0 Å². The molecule has 3 heterocycles. The average molecular weight is 293 g/mol. The van der Waals surface area contributed by atoms with Gasteiger partial charge in [0.05, 0.1) is 5.01 Å². The van der Waals surface area contributed by atoms with Crippen molar-refractivity contribution < 1.29 is 0 Å². The summed E-state index contributed by atoms with van der Waals surface area (Å²) in [5.41, 5.74) is 0.320. The molecule has 0 spiro atoms. The molecule has 2 aliphatic heterocycles. The first-order valence-corrected chi connectivity index (χ1v) is 8.74. The second-order valence-corrected chi connectivity index (χ2v) is 8.14. The van der Waals surface area contributed by atoms with Crippen LogP contribution < -0.4 is 0 Å². The molecule has 0 N–H and O–H groups in total. The van der Waals surface area contributed by atoms with Gasteiger partial charge >= 0.3 is 0 Å². The third-order valence-corrected chi connectivity index (χ3v) is 6.46. The molecule has 0 aromatic carbocycles. The first-order chi connectivity index (χ1) is 9.57. The monoisotopic (exact) mass is 293 g/mol. The molecule has 0 aliphatic carbocycles.